The van der Waals surface area contributed by atoms with Gasteiger partial charge in [0.05, 0.1) is 0 Å². The van der Waals surface area contributed by atoms with Crippen LogP contribution in [0.15, 0.2) is 39.5 Å². The van der Waals surface area contributed by atoms with Crippen molar-refractivity contribution >= 4 is 16.9 Å². The number of rotatable bonds is 4. The van der Waals surface area contributed by atoms with Gasteiger partial charge < -0.3 is 14.6 Å². The van der Waals surface area contributed by atoms with Gasteiger partial charge in [0.15, 0.2) is 0 Å². The molecule has 134 valence electrons. The summed E-state index contributed by atoms with van der Waals surface area (Å²) in [5.41, 5.74) is -0.0572. The number of benzene rings is 1. The Labute approximate surface area is 148 Å². The Balaban J connectivity index is 1.79. The Hall–Kier alpha value is -2.14. The second-order valence-corrected chi connectivity index (χ2v) is 7.20. The molecule has 1 amide bonds. The zero-order chi connectivity index (χ0) is 17.9. The summed E-state index contributed by atoms with van der Waals surface area (Å²) in [5, 5.41) is 3.74. The summed E-state index contributed by atoms with van der Waals surface area (Å²) in [7, 11) is 4.14. The molecule has 3 rings (SSSR count). The molecule has 1 aromatic carbocycles. The molecular formula is C20H26N2O3. The largest absolute Gasteiger partial charge is 0.422 e. The lowest BCUT2D eigenvalue weighted by molar-refractivity contribution is 0.0866. The minimum atomic E-state index is -0.587. The van der Waals surface area contributed by atoms with Gasteiger partial charge in [-0.25, -0.2) is 4.79 Å². The van der Waals surface area contributed by atoms with E-state index >= 15 is 0 Å². The fourth-order valence-electron chi connectivity index (χ4n) is 3.73. The van der Waals surface area contributed by atoms with Gasteiger partial charge in [-0.3, -0.25) is 4.79 Å². The molecule has 0 bridgehead atoms. The van der Waals surface area contributed by atoms with E-state index in [1.165, 1.54) is 25.7 Å². The molecule has 1 aliphatic carbocycles. The van der Waals surface area contributed by atoms with Gasteiger partial charge in [0.1, 0.15) is 11.1 Å². The standard InChI is InChI=1S/C20H26N2O3/c1-22(2)20(11-7-3-4-8-12-20)14-21-18(23)16-13-15-9-5-6-10-17(15)25-19(16)24/h5-6,9-10,13H,3-4,7-8,11-12,14H2,1-2H3,(H,21,23). The summed E-state index contributed by atoms with van der Waals surface area (Å²) in [5.74, 6) is -0.357. The van der Waals surface area contributed by atoms with Gasteiger partial charge in [0.25, 0.3) is 5.91 Å². The van der Waals surface area contributed by atoms with Crippen LogP contribution in [0.3, 0.4) is 0 Å². The second kappa shape index (κ2) is 7.40. The Morgan fingerprint density at radius 2 is 1.84 bits per heavy atom. The van der Waals surface area contributed by atoms with E-state index in [2.05, 4.69) is 24.3 Å². The van der Waals surface area contributed by atoms with E-state index in [4.69, 9.17) is 4.42 Å². The number of carbonyl (C=O) groups excluding carboxylic acids is 1. The SMILES string of the molecule is CN(C)C1(CNC(=O)c2cc3ccccc3oc2=O)CCCCCC1. The molecule has 0 unspecified atom stereocenters. The molecule has 1 N–H and O–H groups in total. The molecule has 1 aliphatic rings. The highest BCUT2D eigenvalue weighted by Gasteiger charge is 2.33. The normalized spacial score (nSPS) is 17.4. The zero-order valence-electron chi connectivity index (χ0n) is 15.0. The van der Waals surface area contributed by atoms with E-state index in [9.17, 15) is 9.59 Å². The van der Waals surface area contributed by atoms with Gasteiger partial charge in [0.2, 0.25) is 0 Å². The summed E-state index contributed by atoms with van der Waals surface area (Å²) < 4.78 is 5.27. The first-order valence-corrected chi connectivity index (χ1v) is 9.00. The first-order chi connectivity index (χ1) is 12.0. The number of hydrogen-bond acceptors (Lipinski definition) is 4. The molecule has 5 heteroatoms. The van der Waals surface area contributed by atoms with Crippen LogP contribution in [0.1, 0.15) is 48.9 Å². The lowest BCUT2D eigenvalue weighted by Gasteiger charge is -2.39. The van der Waals surface area contributed by atoms with Crippen molar-refractivity contribution in [1.82, 2.24) is 10.2 Å². The van der Waals surface area contributed by atoms with E-state index in [0.717, 1.165) is 18.2 Å². The summed E-state index contributed by atoms with van der Waals surface area (Å²) >= 11 is 0. The van der Waals surface area contributed by atoms with Crippen LogP contribution in [-0.4, -0.2) is 37.0 Å². The highest BCUT2D eigenvalue weighted by molar-refractivity contribution is 5.96. The molecule has 1 fully saturated rings. The maximum absolute atomic E-state index is 12.6. The van der Waals surface area contributed by atoms with Crippen molar-refractivity contribution in [3.8, 4) is 0 Å². The van der Waals surface area contributed by atoms with Crippen LogP contribution in [0.2, 0.25) is 0 Å². The van der Waals surface area contributed by atoms with Crippen molar-refractivity contribution in [1.29, 1.82) is 0 Å². The summed E-state index contributed by atoms with van der Waals surface area (Å²) in [6.07, 6.45) is 6.97. The molecule has 0 atom stereocenters. The molecule has 0 spiro atoms. The topological polar surface area (TPSA) is 62.6 Å². The van der Waals surface area contributed by atoms with Crippen LogP contribution < -0.4 is 10.9 Å². The van der Waals surface area contributed by atoms with Crippen LogP contribution in [0.4, 0.5) is 0 Å². The van der Waals surface area contributed by atoms with Crippen molar-refractivity contribution in [3.63, 3.8) is 0 Å². The average Bonchev–Trinajstić information content (AvgIpc) is 2.85. The monoisotopic (exact) mass is 342 g/mol. The molecule has 0 radical (unpaired) electrons. The van der Waals surface area contributed by atoms with Gasteiger partial charge in [-0.05, 0) is 39.1 Å². The van der Waals surface area contributed by atoms with Crippen LogP contribution in [0.5, 0.6) is 0 Å². The third kappa shape index (κ3) is 3.76. The van der Waals surface area contributed by atoms with Gasteiger partial charge in [-0.1, -0.05) is 43.9 Å². The number of carbonyl (C=O) groups is 1. The Morgan fingerprint density at radius 3 is 2.52 bits per heavy atom. The number of hydrogen-bond donors (Lipinski definition) is 1. The lowest BCUT2D eigenvalue weighted by Crippen LogP contribution is -2.52. The molecule has 2 aromatic rings. The van der Waals surface area contributed by atoms with Crippen molar-refractivity contribution in [2.75, 3.05) is 20.6 Å². The molecule has 0 aliphatic heterocycles. The Bertz CT molecular complexity index is 802. The van der Waals surface area contributed by atoms with E-state index in [1.54, 1.807) is 18.2 Å². The van der Waals surface area contributed by atoms with Crippen molar-refractivity contribution in [3.05, 3.63) is 46.3 Å². The van der Waals surface area contributed by atoms with Crippen molar-refractivity contribution in [2.24, 2.45) is 0 Å². The van der Waals surface area contributed by atoms with E-state index in [0.29, 0.717) is 12.1 Å². The third-order valence-corrected chi connectivity index (χ3v) is 5.45. The van der Waals surface area contributed by atoms with Crippen LogP contribution >= 0.6 is 0 Å². The van der Waals surface area contributed by atoms with E-state index in [1.807, 2.05) is 12.1 Å². The second-order valence-electron chi connectivity index (χ2n) is 7.20. The highest BCUT2D eigenvalue weighted by atomic mass is 16.4. The minimum absolute atomic E-state index is 0.0385. The average molecular weight is 342 g/mol. The Kier molecular flexibility index (Phi) is 5.23. The van der Waals surface area contributed by atoms with Gasteiger partial charge >= 0.3 is 5.63 Å². The number of amides is 1. The third-order valence-electron chi connectivity index (χ3n) is 5.45. The van der Waals surface area contributed by atoms with Crippen molar-refractivity contribution < 1.29 is 9.21 Å². The first kappa shape index (κ1) is 17.7. The predicted octanol–water partition coefficient (Wildman–Crippen LogP) is 3.18. The van der Waals surface area contributed by atoms with Crippen LogP contribution in [0, 0.1) is 0 Å². The predicted molar refractivity (Wildman–Crippen MR) is 98.9 cm³/mol. The maximum Gasteiger partial charge on any atom is 0.349 e. The maximum atomic E-state index is 12.6. The molecule has 25 heavy (non-hydrogen) atoms. The van der Waals surface area contributed by atoms with Gasteiger partial charge in [-0.15, -0.1) is 0 Å². The minimum Gasteiger partial charge on any atom is -0.422 e. The number of likely N-dealkylation sites (N-methyl/N-ethyl adjacent to an activating group) is 1. The molecule has 0 saturated heterocycles. The van der Waals surface area contributed by atoms with E-state index in [-0.39, 0.29) is 17.0 Å². The number of nitrogens with one attached hydrogen (secondary N) is 1. The van der Waals surface area contributed by atoms with Crippen LogP contribution in [0.25, 0.3) is 11.0 Å². The molecule has 5 nitrogen and oxygen atoms in total. The number of nitrogens with zero attached hydrogens (tertiary/aromatic N) is 1. The fourth-order valence-corrected chi connectivity index (χ4v) is 3.73. The summed E-state index contributed by atoms with van der Waals surface area (Å²) in [4.78, 5) is 27.0. The smallest absolute Gasteiger partial charge is 0.349 e. The van der Waals surface area contributed by atoms with Crippen LogP contribution in [-0.2, 0) is 0 Å². The van der Waals surface area contributed by atoms with Crippen molar-refractivity contribution in [2.45, 2.75) is 44.1 Å². The molecule has 1 aromatic heterocycles. The quantitative estimate of drug-likeness (QED) is 0.685. The molecule has 1 saturated carbocycles. The first-order valence-electron chi connectivity index (χ1n) is 9.00. The summed E-state index contributed by atoms with van der Waals surface area (Å²) in [6.45, 7) is 0.547. The molecular weight excluding hydrogens is 316 g/mol. The lowest BCUT2D eigenvalue weighted by atomic mass is 9.88. The van der Waals surface area contributed by atoms with Gasteiger partial charge in [0, 0.05) is 17.5 Å². The molecule has 1 heterocycles. The Morgan fingerprint density at radius 1 is 1.16 bits per heavy atom. The fraction of sp³-hybridized carbons (Fsp3) is 0.500. The number of fused-ring (bicyclic) bond motifs is 1. The summed E-state index contributed by atoms with van der Waals surface area (Å²) in [6, 6.07) is 8.84. The van der Waals surface area contributed by atoms with E-state index < -0.39 is 5.63 Å². The number of para-hydroxylation sites is 1. The van der Waals surface area contributed by atoms with Gasteiger partial charge in [-0.2, -0.15) is 0 Å². The highest BCUT2D eigenvalue weighted by Crippen LogP contribution is 2.30. The zero-order valence-corrected chi connectivity index (χ0v) is 15.0.